The molecular weight excluding hydrogens is 364 g/mol. The van der Waals surface area contributed by atoms with Crippen molar-refractivity contribution in [3.05, 3.63) is 27.5 Å². The molecule has 0 fully saturated rings. The zero-order chi connectivity index (χ0) is 13.0. The fourth-order valence-corrected chi connectivity index (χ4v) is 2.50. The smallest absolute Gasteiger partial charge is 0.311 e. The highest BCUT2D eigenvalue weighted by Gasteiger charge is 2.19. The normalized spacial score (nSPS) is 10.7. The van der Waals surface area contributed by atoms with Gasteiger partial charge in [0.25, 0.3) is 6.43 Å². The van der Waals surface area contributed by atoms with Crippen LogP contribution >= 0.6 is 31.9 Å². The minimum atomic E-state index is -2.68. The predicted octanol–water partition coefficient (Wildman–Crippen LogP) is 3.39. The summed E-state index contributed by atoms with van der Waals surface area (Å²) >= 11 is 6.34. The number of methoxy groups -OCH3 is 1. The summed E-state index contributed by atoms with van der Waals surface area (Å²) in [5.74, 6) is -0.595. The number of carbonyl (C=O) groups is 1. The Kier molecular flexibility index (Phi) is 5.45. The molecule has 1 heterocycles. The summed E-state index contributed by atoms with van der Waals surface area (Å²) in [5.41, 5.74) is 0.352. The Hall–Kier alpha value is -0.560. The molecule has 0 atom stereocenters. The van der Waals surface area contributed by atoms with Crippen LogP contribution in [0.5, 0.6) is 0 Å². The van der Waals surface area contributed by atoms with E-state index >= 15 is 0 Å². The van der Waals surface area contributed by atoms with Crippen molar-refractivity contribution in [1.29, 1.82) is 0 Å². The van der Waals surface area contributed by atoms with Crippen molar-refractivity contribution in [2.75, 3.05) is 7.11 Å². The van der Waals surface area contributed by atoms with E-state index in [1.807, 2.05) is 0 Å². The average molecular weight is 373 g/mol. The maximum absolute atomic E-state index is 12.8. The van der Waals surface area contributed by atoms with Crippen LogP contribution in [0.2, 0.25) is 0 Å². The fraction of sp³-hybridized carbons (Fsp3) is 0.400. The van der Waals surface area contributed by atoms with Gasteiger partial charge in [0, 0.05) is 15.4 Å². The number of pyridine rings is 1. The van der Waals surface area contributed by atoms with E-state index in [0.717, 1.165) is 0 Å². The molecule has 1 aromatic rings. The first-order valence-electron chi connectivity index (χ1n) is 4.58. The van der Waals surface area contributed by atoms with Crippen molar-refractivity contribution in [2.24, 2.45) is 0 Å². The lowest BCUT2D eigenvalue weighted by atomic mass is 10.1. The van der Waals surface area contributed by atoms with Crippen molar-refractivity contribution in [1.82, 2.24) is 4.98 Å². The standard InChI is InChI=1S/C10H9Br2F2NO2/c1-17-9(16)3-7-5(10(13)14)2-6(12)8(4-11)15-7/h2,10H,3-4H2,1H3. The van der Waals surface area contributed by atoms with Gasteiger partial charge in [-0.2, -0.15) is 0 Å². The first kappa shape index (κ1) is 14.5. The van der Waals surface area contributed by atoms with E-state index in [4.69, 9.17) is 0 Å². The number of carbonyl (C=O) groups excluding carboxylic acids is 1. The van der Waals surface area contributed by atoms with Crippen LogP contribution in [0.3, 0.4) is 0 Å². The monoisotopic (exact) mass is 371 g/mol. The molecule has 0 aliphatic rings. The van der Waals surface area contributed by atoms with Gasteiger partial charge in [-0.25, -0.2) is 8.78 Å². The third kappa shape index (κ3) is 3.70. The zero-order valence-corrected chi connectivity index (χ0v) is 12.0. The Balaban J connectivity index is 3.19. The lowest BCUT2D eigenvalue weighted by Crippen LogP contribution is -2.10. The van der Waals surface area contributed by atoms with Gasteiger partial charge < -0.3 is 4.74 Å². The van der Waals surface area contributed by atoms with Crippen molar-refractivity contribution in [2.45, 2.75) is 18.2 Å². The van der Waals surface area contributed by atoms with E-state index in [0.29, 0.717) is 15.5 Å². The van der Waals surface area contributed by atoms with Crippen LogP contribution in [0.4, 0.5) is 8.78 Å². The average Bonchev–Trinajstić information content (AvgIpc) is 2.30. The van der Waals surface area contributed by atoms with Gasteiger partial charge in [-0.15, -0.1) is 0 Å². The van der Waals surface area contributed by atoms with Crippen molar-refractivity contribution in [3.8, 4) is 0 Å². The maximum atomic E-state index is 12.8. The number of aromatic nitrogens is 1. The van der Waals surface area contributed by atoms with Gasteiger partial charge in [0.1, 0.15) is 0 Å². The number of hydrogen-bond acceptors (Lipinski definition) is 3. The molecule has 94 valence electrons. The molecule has 1 rings (SSSR count). The van der Waals surface area contributed by atoms with Gasteiger partial charge >= 0.3 is 5.97 Å². The van der Waals surface area contributed by atoms with E-state index in [1.54, 1.807) is 0 Å². The first-order chi connectivity index (χ1) is 7.99. The van der Waals surface area contributed by atoms with Crippen LogP contribution in [0.15, 0.2) is 10.5 Å². The Morgan fingerprint density at radius 3 is 2.65 bits per heavy atom. The molecule has 0 N–H and O–H groups in total. The van der Waals surface area contributed by atoms with Crippen molar-refractivity contribution in [3.63, 3.8) is 0 Å². The molecule has 0 unspecified atom stereocenters. The maximum Gasteiger partial charge on any atom is 0.311 e. The molecule has 0 amide bonds. The Bertz CT molecular complexity index is 427. The van der Waals surface area contributed by atoms with E-state index in [-0.39, 0.29) is 17.7 Å². The van der Waals surface area contributed by atoms with Crippen LogP contribution in [0.25, 0.3) is 0 Å². The predicted molar refractivity (Wildman–Crippen MR) is 65.2 cm³/mol. The largest absolute Gasteiger partial charge is 0.469 e. The SMILES string of the molecule is COC(=O)Cc1nc(CBr)c(Br)cc1C(F)F. The highest BCUT2D eigenvalue weighted by molar-refractivity contribution is 9.10. The molecule has 0 aliphatic heterocycles. The van der Waals surface area contributed by atoms with Gasteiger partial charge in [0.2, 0.25) is 0 Å². The number of alkyl halides is 3. The molecule has 17 heavy (non-hydrogen) atoms. The second kappa shape index (κ2) is 6.39. The number of hydrogen-bond donors (Lipinski definition) is 0. The summed E-state index contributed by atoms with van der Waals surface area (Å²) < 4.78 is 30.5. The Morgan fingerprint density at radius 1 is 1.53 bits per heavy atom. The van der Waals surface area contributed by atoms with Crippen LogP contribution in [-0.2, 0) is 21.3 Å². The summed E-state index contributed by atoms with van der Waals surface area (Å²) in [4.78, 5) is 15.1. The second-order valence-electron chi connectivity index (χ2n) is 3.14. The molecular formula is C10H9Br2F2NO2. The summed E-state index contributed by atoms with van der Waals surface area (Å²) in [7, 11) is 1.20. The molecule has 0 aromatic carbocycles. The summed E-state index contributed by atoms with van der Waals surface area (Å²) in [6.07, 6.45) is -2.94. The quantitative estimate of drug-likeness (QED) is 0.600. The number of rotatable bonds is 4. The lowest BCUT2D eigenvalue weighted by Gasteiger charge is -2.10. The van der Waals surface area contributed by atoms with Gasteiger partial charge in [-0.1, -0.05) is 15.9 Å². The van der Waals surface area contributed by atoms with Gasteiger partial charge in [0.15, 0.2) is 0 Å². The van der Waals surface area contributed by atoms with Gasteiger partial charge in [-0.3, -0.25) is 9.78 Å². The first-order valence-corrected chi connectivity index (χ1v) is 6.50. The zero-order valence-electron chi connectivity index (χ0n) is 8.84. The van der Waals surface area contributed by atoms with Gasteiger partial charge in [0.05, 0.1) is 24.9 Å². The van der Waals surface area contributed by atoms with Crippen LogP contribution < -0.4 is 0 Å². The fourth-order valence-electron chi connectivity index (χ4n) is 1.22. The van der Waals surface area contributed by atoms with Crippen molar-refractivity contribution >= 4 is 37.8 Å². The highest BCUT2D eigenvalue weighted by Crippen LogP contribution is 2.28. The molecule has 3 nitrogen and oxygen atoms in total. The van der Waals surface area contributed by atoms with Crippen molar-refractivity contribution < 1.29 is 18.3 Å². The lowest BCUT2D eigenvalue weighted by molar-refractivity contribution is -0.139. The summed E-state index contributed by atoms with van der Waals surface area (Å²) in [6.45, 7) is 0. The molecule has 7 heteroatoms. The molecule has 0 saturated heterocycles. The Labute approximate surface area is 114 Å². The number of nitrogens with zero attached hydrogens (tertiary/aromatic N) is 1. The Morgan fingerprint density at radius 2 is 2.18 bits per heavy atom. The minimum Gasteiger partial charge on any atom is -0.469 e. The topological polar surface area (TPSA) is 39.2 Å². The number of esters is 1. The highest BCUT2D eigenvalue weighted by atomic mass is 79.9. The van der Waals surface area contributed by atoms with Crippen LogP contribution in [0, 0.1) is 0 Å². The molecule has 0 bridgehead atoms. The molecule has 0 spiro atoms. The molecule has 0 radical (unpaired) electrons. The van der Waals surface area contributed by atoms with E-state index in [9.17, 15) is 13.6 Å². The van der Waals surface area contributed by atoms with Crippen LogP contribution in [0.1, 0.15) is 23.4 Å². The van der Waals surface area contributed by atoms with E-state index in [2.05, 4.69) is 41.6 Å². The van der Waals surface area contributed by atoms with Crippen LogP contribution in [-0.4, -0.2) is 18.1 Å². The summed E-state index contributed by atoms with van der Waals surface area (Å²) in [5, 5.41) is 0.408. The third-order valence-electron chi connectivity index (χ3n) is 2.06. The van der Waals surface area contributed by atoms with Gasteiger partial charge in [-0.05, 0) is 22.0 Å². The molecule has 0 aliphatic carbocycles. The third-order valence-corrected chi connectivity index (χ3v) is 3.28. The number of halogens is 4. The number of ether oxygens (including phenoxy) is 1. The van der Waals surface area contributed by atoms with E-state index in [1.165, 1.54) is 13.2 Å². The molecule has 1 aromatic heterocycles. The summed E-state index contributed by atoms with van der Waals surface area (Å²) in [6, 6.07) is 1.28. The molecule has 0 saturated carbocycles. The second-order valence-corrected chi connectivity index (χ2v) is 4.56. The minimum absolute atomic E-state index is 0.0458. The van der Waals surface area contributed by atoms with E-state index < -0.39 is 12.4 Å².